The zero-order valence-corrected chi connectivity index (χ0v) is 11.1. The Hall–Kier alpha value is -0.830. The number of hydrogen-bond acceptors (Lipinski definition) is 2. The maximum absolute atomic E-state index is 11.8. The van der Waals surface area contributed by atoms with Gasteiger partial charge in [-0.15, -0.1) is 11.3 Å². The minimum absolute atomic E-state index is 0.135. The zero-order chi connectivity index (χ0) is 12.0. The van der Waals surface area contributed by atoms with Gasteiger partial charge in [0.05, 0.1) is 0 Å². The van der Waals surface area contributed by atoms with Crippen LogP contribution in [0.3, 0.4) is 0 Å². The van der Waals surface area contributed by atoms with Gasteiger partial charge in [0.2, 0.25) is 5.91 Å². The molecule has 2 unspecified atom stereocenters. The molecule has 1 N–H and O–H groups in total. The van der Waals surface area contributed by atoms with Gasteiger partial charge in [0.15, 0.2) is 0 Å². The molecule has 1 aromatic heterocycles. The van der Waals surface area contributed by atoms with E-state index in [0.717, 1.165) is 19.3 Å². The highest BCUT2D eigenvalue weighted by Crippen LogP contribution is 2.12. The van der Waals surface area contributed by atoms with Crippen molar-refractivity contribution < 1.29 is 4.79 Å². The van der Waals surface area contributed by atoms with Gasteiger partial charge in [-0.05, 0) is 24.8 Å². The Morgan fingerprint density at radius 1 is 1.50 bits per heavy atom. The van der Waals surface area contributed by atoms with Crippen molar-refractivity contribution in [2.75, 3.05) is 0 Å². The van der Waals surface area contributed by atoms with Crippen LogP contribution in [0.15, 0.2) is 17.5 Å². The van der Waals surface area contributed by atoms with Gasteiger partial charge in [-0.1, -0.05) is 26.3 Å². The molecule has 0 fully saturated rings. The number of hydrogen-bond donors (Lipinski definition) is 1. The van der Waals surface area contributed by atoms with E-state index in [1.165, 1.54) is 4.88 Å². The Kier molecular flexibility index (Phi) is 5.53. The van der Waals surface area contributed by atoms with Gasteiger partial charge >= 0.3 is 0 Å². The van der Waals surface area contributed by atoms with E-state index in [1.807, 2.05) is 13.0 Å². The van der Waals surface area contributed by atoms with E-state index in [-0.39, 0.29) is 17.9 Å². The van der Waals surface area contributed by atoms with E-state index >= 15 is 0 Å². The van der Waals surface area contributed by atoms with Crippen LogP contribution in [0.5, 0.6) is 0 Å². The van der Waals surface area contributed by atoms with Crippen molar-refractivity contribution in [3.05, 3.63) is 22.4 Å². The van der Waals surface area contributed by atoms with Gasteiger partial charge in [-0.2, -0.15) is 0 Å². The van der Waals surface area contributed by atoms with Crippen LogP contribution in [0.1, 0.15) is 38.5 Å². The molecule has 1 heterocycles. The van der Waals surface area contributed by atoms with Crippen molar-refractivity contribution in [3.8, 4) is 0 Å². The molecule has 0 aliphatic heterocycles. The van der Waals surface area contributed by atoms with Crippen LogP contribution in [0.4, 0.5) is 0 Å². The largest absolute Gasteiger partial charge is 0.353 e. The molecule has 16 heavy (non-hydrogen) atoms. The van der Waals surface area contributed by atoms with Crippen LogP contribution in [-0.2, 0) is 11.2 Å². The maximum atomic E-state index is 11.8. The van der Waals surface area contributed by atoms with Gasteiger partial charge in [0, 0.05) is 23.3 Å². The highest BCUT2D eigenvalue weighted by atomic mass is 32.1. The molecule has 2 nitrogen and oxygen atoms in total. The third kappa shape index (κ3) is 4.35. The van der Waals surface area contributed by atoms with Crippen molar-refractivity contribution in [1.82, 2.24) is 5.32 Å². The van der Waals surface area contributed by atoms with Crippen LogP contribution < -0.4 is 5.32 Å². The smallest absolute Gasteiger partial charge is 0.223 e. The lowest BCUT2D eigenvalue weighted by molar-refractivity contribution is -0.125. The van der Waals surface area contributed by atoms with Gasteiger partial charge in [0.25, 0.3) is 0 Å². The Labute approximate surface area is 102 Å². The van der Waals surface area contributed by atoms with E-state index in [9.17, 15) is 4.79 Å². The number of carbonyl (C=O) groups excluding carboxylic acids is 1. The average Bonchev–Trinajstić information content (AvgIpc) is 2.70. The first-order valence-corrected chi connectivity index (χ1v) is 6.84. The van der Waals surface area contributed by atoms with Gasteiger partial charge < -0.3 is 5.32 Å². The summed E-state index contributed by atoms with van der Waals surface area (Å²) in [6.07, 6.45) is 2.97. The van der Waals surface area contributed by atoms with E-state index in [1.54, 1.807) is 11.3 Å². The number of nitrogens with one attached hydrogen (secondary N) is 1. The quantitative estimate of drug-likeness (QED) is 0.811. The Morgan fingerprint density at radius 3 is 2.81 bits per heavy atom. The lowest BCUT2D eigenvalue weighted by Gasteiger charge is -2.16. The second-order valence-corrected chi connectivity index (χ2v) is 5.42. The van der Waals surface area contributed by atoms with Gasteiger partial charge in [-0.3, -0.25) is 4.79 Å². The number of carbonyl (C=O) groups is 1. The maximum Gasteiger partial charge on any atom is 0.223 e. The fourth-order valence-corrected chi connectivity index (χ4v) is 2.57. The summed E-state index contributed by atoms with van der Waals surface area (Å²) in [6.45, 7) is 6.17. The molecular formula is C13H21NOS. The molecule has 90 valence electrons. The first kappa shape index (κ1) is 13.2. The average molecular weight is 239 g/mol. The van der Waals surface area contributed by atoms with E-state index in [0.29, 0.717) is 0 Å². The minimum atomic E-state index is 0.135. The first-order chi connectivity index (χ1) is 7.63. The molecule has 0 bridgehead atoms. The highest BCUT2D eigenvalue weighted by Gasteiger charge is 2.14. The lowest BCUT2D eigenvalue weighted by Crippen LogP contribution is -2.37. The fraction of sp³-hybridized carbons (Fsp3) is 0.615. The topological polar surface area (TPSA) is 29.1 Å². The molecule has 0 saturated carbocycles. The molecule has 0 spiro atoms. The second kappa shape index (κ2) is 6.69. The lowest BCUT2D eigenvalue weighted by atomic mass is 10.0. The second-order valence-electron chi connectivity index (χ2n) is 4.38. The van der Waals surface area contributed by atoms with E-state index < -0.39 is 0 Å². The monoisotopic (exact) mass is 239 g/mol. The zero-order valence-electron chi connectivity index (χ0n) is 10.3. The predicted octanol–water partition coefficient (Wildman–Crippen LogP) is 3.23. The van der Waals surface area contributed by atoms with Crippen LogP contribution in [0.25, 0.3) is 0 Å². The summed E-state index contributed by atoms with van der Waals surface area (Å²) < 4.78 is 0. The first-order valence-electron chi connectivity index (χ1n) is 5.96. The molecule has 1 amide bonds. The van der Waals surface area contributed by atoms with Crippen molar-refractivity contribution in [2.45, 2.75) is 46.1 Å². The molecule has 3 heteroatoms. The summed E-state index contributed by atoms with van der Waals surface area (Å²) in [5.41, 5.74) is 0. The van der Waals surface area contributed by atoms with Crippen molar-refractivity contribution >= 4 is 17.2 Å². The van der Waals surface area contributed by atoms with Crippen LogP contribution in [0.2, 0.25) is 0 Å². The Balaban J connectivity index is 2.33. The van der Waals surface area contributed by atoms with Crippen molar-refractivity contribution in [2.24, 2.45) is 5.92 Å². The summed E-state index contributed by atoms with van der Waals surface area (Å²) in [5.74, 6) is 0.321. The SMILES string of the molecule is CCCC(C)C(=O)NC(C)Cc1cccs1. The summed E-state index contributed by atoms with van der Waals surface area (Å²) in [4.78, 5) is 13.1. The van der Waals surface area contributed by atoms with E-state index in [4.69, 9.17) is 0 Å². The van der Waals surface area contributed by atoms with Gasteiger partial charge in [-0.25, -0.2) is 0 Å². The van der Waals surface area contributed by atoms with Crippen LogP contribution in [-0.4, -0.2) is 11.9 Å². The molecule has 0 aliphatic carbocycles. The molecule has 1 rings (SSSR count). The molecular weight excluding hydrogens is 218 g/mol. The molecule has 2 atom stereocenters. The summed E-state index contributed by atoms with van der Waals surface area (Å²) >= 11 is 1.75. The number of rotatable bonds is 6. The molecule has 0 aromatic carbocycles. The molecule has 0 aliphatic rings. The van der Waals surface area contributed by atoms with Crippen molar-refractivity contribution in [1.29, 1.82) is 0 Å². The molecule has 1 aromatic rings. The van der Waals surface area contributed by atoms with Crippen LogP contribution in [0, 0.1) is 5.92 Å². The molecule has 0 radical (unpaired) electrons. The Morgan fingerprint density at radius 2 is 2.25 bits per heavy atom. The normalized spacial score (nSPS) is 14.4. The standard InChI is InChI=1S/C13H21NOS/c1-4-6-10(2)13(15)14-11(3)9-12-7-5-8-16-12/h5,7-8,10-11H,4,6,9H2,1-3H3,(H,14,15). The van der Waals surface area contributed by atoms with Crippen molar-refractivity contribution in [3.63, 3.8) is 0 Å². The fourth-order valence-electron chi connectivity index (χ4n) is 1.73. The van der Waals surface area contributed by atoms with Gasteiger partial charge in [0.1, 0.15) is 0 Å². The third-order valence-electron chi connectivity index (χ3n) is 2.65. The molecule has 0 saturated heterocycles. The van der Waals surface area contributed by atoms with E-state index in [2.05, 4.69) is 30.6 Å². The predicted molar refractivity (Wildman–Crippen MR) is 69.7 cm³/mol. The minimum Gasteiger partial charge on any atom is -0.353 e. The summed E-state index contributed by atoms with van der Waals surface area (Å²) in [6, 6.07) is 4.39. The summed E-state index contributed by atoms with van der Waals surface area (Å²) in [7, 11) is 0. The highest BCUT2D eigenvalue weighted by molar-refractivity contribution is 7.09. The third-order valence-corrected chi connectivity index (χ3v) is 3.54. The van der Waals surface area contributed by atoms with Crippen LogP contribution >= 0.6 is 11.3 Å². The number of thiophene rings is 1. The summed E-state index contributed by atoms with van der Waals surface area (Å²) in [5, 5.41) is 5.14. The Bertz CT molecular complexity index is 308. The number of amides is 1.